The number of rotatable bonds is 10. The maximum atomic E-state index is 6.11. The lowest BCUT2D eigenvalue weighted by Crippen LogP contribution is -2.45. The first-order chi connectivity index (χ1) is 8.29. The summed E-state index contributed by atoms with van der Waals surface area (Å²) in [7, 11) is -2.84. The highest BCUT2D eigenvalue weighted by atomic mass is 28.5. The fourth-order valence-corrected chi connectivity index (χ4v) is 10.1. The third-order valence-electron chi connectivity index (χ3n) is 2.14. The summed E-state index contributed by atoms with van der Waals surface area (Å²) in [6, 6.07) is 1.07. The van der Waals surface area contributed by atoms with Crippen molar-refractivity contribution in [3.63, 3.8) is 0 Å². The van der Waals surface area contributed by atoms with Gasteiger partial charge in [-0.15, -0.1) is 0 Å². The Hall–Kier alpha value is 0.491. The molecule has 0 N–H and O–H groups in total. The molecule has 1 unspecified atom stereocenters. The van der Waals surface area contributed by atoms with Crippen LogP contribution >= 0.6 is 0 Å². The van der Waals surface area contributed by atoms with Gasteiger partial charge >= 0.3 is 8.56 Å². The van der Waals surface area contributed by atoms with E-state index in [1.165, 1.54) is 0 Å². The van der Waals surface area contributed by atoms with Crippen LogP contribution in [-0.2, 0) is 17.7 Å². The molecular formula is C11H26O4Si3. The van der Waals surface area contributed by atoms with E-state index in [1.807, 2.05) is 0 Å². The van der Waals surface area contributed by atoms with Gasteiger partial charge in [0.15, 0.2) is 8.32 Å². The van der Waals surface area contributed by atoms with Crippen LogP contribution in [0.2, 0.25) is 38.8 Å². The maximum Gasteiger partial charge on any atom is 0.310 e. The van der Waals surface area contributed by atoms with Crippen LogP contribution in [0.5, 0.6) is 0 Å². The summed E-state index contributed by atoms with van der Waals surface area (Å²) in [5, 5.41) is 0. The van der Waals surface area contributed by atoms with Gasteiger partial charge in [-0.05, 0) is 45.2 Å². The molecule has 1 atom stereocenters. The van der Waals surface area contributed by atoms with Crippen LogP contribution in [0.4, 0.5) is 0 Å². The van der Waals surface area contributed by atoms with Crippen LogP contribution < -0.4 is 0 Å². The van der Waals surface area contributed by atoms with Crippen LogP contribution in [0.25, 0.3) is 0 Å². The summed E-state index contributed by atoms with van der Waals surface area (Å²) in [4.78, 5) is 0. The van der Waals surface area contributed by atoms with Gasteiger partial charge in [0.05, 0.1) is 13.2 Å². The number of hydrogen-bond acceptors (Lipinski definition) is 4. The Morgan fingerprint density at radius 1 is 1.22 bits per heavy atom. The molecule has 2 radical (unpaired) electrons. The number of epoxide rings is 1. The summed E-state index contributed by atoms with van der Waals surface area (Å²) >= 11 is 0. The Morgan fingerprint density at radius 2 is 1.89 bits per heavy atom. The molecule has 0 aromatic rings. The Kier molecular flexibility index (Phi) is 6.73. The second kappa shape index (κ2) is 7.32. The second-order valence-electron chi connectivity index (χ2n) is 5.99. The highest BCUT2D eigenvalue weighted by Gasteiger charge is 2.31. The van der Waals surface area contributed by atoms with E-state index in [0.29, 0.717) is 15.9 Å². The highest BCUT2D eigenvalue weighted by molar-refractivity contribution is 6.82. The maximum absolute atomic E-state index is 6.11. The third-order valence-corrected chi connectivity index (χ3v) is 9.66. The molecular weight excluding hydrogens is 280 g/mol. The summed E-state index contributed by atoms with van der Waals surface area (Å²) in [5.41, 5.74) is 0. The molecule has 0 amide bonds. The summed E-state index contributed by atoms with van der Waals surface area (Å²) < 4.78 is 22.6. The van der Waals surface area contributed by atoms with Crippen LogP contribution in [0, 0.1) is 0 Å². The molecule has 0 saturated carbocycles. The van der Waals surface area contributed by atoms with Crippen molar-refractivity contribution in [1.29, 1.82) is 0 Å². The lowest BCUT2D eigenvalue weighted by molar-refractivity contribution is 0.117. The molecule has 1 fully saturated rings. The fourth-order valence-electron chi connectivity index (χ4n) is 1.61. The summed E-state index contributed by atoms with van der Waals surface area (Å²) in [6.07, 6.45) is 1.43. The van der Waals surface area contributed by atoms with Gasteiger partial charge < -0.3 is 17.7 Å². The van der Waals surface area contributed by atoms with Gasteiger partial charge in [0.25, 0.3) is 0 Å². The largest absolute Gasteiger partial charge is 0.437 e. The lowest BCUT2D eigenvalue weighted by Gasteiger charge is -2.30. The van der Waals surface area contributed by atoms with Gasteiger partial charge in [0.2, 0.25) is 9.76 Å². The topological polar surface area (TPSA) is 40.2 Å². The van der Waals surface area contributed by atoms with Crippen LogP contribution in [0.1, 0.15) is 6.42 Å². The van der Waals surface area contributed by atoms with Crippen molar-refractivity contribution in [3.05, 3.63) is 0 Å². The average molecular weight is 307 g/mol. The number of ether oxygens (including phenoxy) is 2. The molecule has 1 aliphatic rings. The smallest absolute Gasteiger partial charge is 0.310 e. The van der Waals surface area contributed by atoms with Gasteiger partial charge in [-0.3, -0.25) is 0 Å². The fraction of sp³-hybridized carbons (Fsp3) is 1.00. The van der Waals surface area contributed by atoms with E-state index in [1.54, 1.807) is 0 Å². The predicted molar refractivity (Wildman–Crippen MR) is 78.7 cm³/mol. The molecule has 106 valence electrons. The lowest BCUT2D eigenvalue weighted by atomic mass is 10.5. The number of hydrogen-bond donors (Lipinski definition) is 0. The molecule has 0 aromatic heterocycles. The van der Waals surface area contributed by atoms with Crippen LogP contribution in [0.15, 0.2) is 0 Å². The van der Waals surface area contributed by atoms with E-state index >= 15 is 0 Å². The minimum atomic E-state index is -1.90. The predicted octanol–water partition coefficient (Wildman–Crippen LogP) is 2.40. The Morgan fingerprint density at radius 3 is 2.44 bits per heavy atom. The molecule has 18 heavy (non-hydrogen) atoms. The van der Waals surface area contributed by atoms with E-state index in [2.05, 4.69) is 32.7 Å². The van der Waals surface area contributed by atoms with Gasteiger partial charge in [-0.2, -0.15) is 0 Å². The summed E-state index contributed by atoms with van der Waals surface area (Å²) in [6.45, 7) is 13.3. The zero-order chi connectivity index (χ0) is 13.6. The molecule has 0 aliphatic carbocycles. The second-order valence-corrected chi connectivity index (χ2v) is 15.4. The average Bonchev–Trinajstić information content (AvgIpc) is 2.96. The molecule has 1 rings (SSSR count). The molecule has 0 spiro atoms. The molecule has 7 heteroatoms. The zero-order valence-electron chi connectivity index (χ0n) is 12.2. The minimum absolute atomic E-state index is 0.375. The quantitative estimate of drug-likeness (QED) is 0.353. The summed E-state index contributed by atoms with van der Waals surface area (Å²) in [5.74, 6) is 0. The van der Waals surface area contributed by atoms with Crippen molar-refractivity contribution >= 4 is 26.6 Å². The Labute approximate surface area is 116 Å². The van der Waals surface area contributed by atoms with Crippen molar-refractivity contribution in [3.8, 4) is 0 Å². The zero-order valence-corrected chi connectivity index (χ0v) is 15.2. The Balaban J connectivity index is 1.94. The Bertz CT molecular complexity index is 239. The first-order valence-electron chi connectivity index (χ1n) is 6.59. The van der Waals surface area contributed by atoms with E-state index in [-0.39, 0.29) is 0 Å². The monoisotopic (exact) mass is 306 g/mol. The third kappa shape index (κ3) is 9.42. The van der Waals surface area contributed by atoms with Crippen molar-refractivity contribution in [2.75, 3.05) is 19.8 Å². The van der Waals surface area contributed by atoms with E-state index < -0.39 is 16.9 Å². The van der Waals surface area contributed by atoms with Crippen LogP contribution in [0.3, 0.4) is 0 Å². The minimum Gasteiger partial charge on any atom is -0.437 e. The standard InChI is InChI=1S/C11H26O4Si3/c1-17(2,3)15-18(4,5)14-16-8-6-7-12-9-11-10-13-11/h11H,6-10H2,1-5H3. The van der Waals surface area contributed by atoms with Crippen molar-refractivity contribution in [2.45, 2.75) is 51.3 Å². The molecule has 1 heterocycles. The molecule has 1 aliphatic heterocycles. The van der Waals surface area contributed by atoms with Gasteiger partial charge in [0.1, 0.15) is 6.10 Å². The van der Waals surface area contributed by atoms with Gasteiger partial charge in [0, 0.05) is 6.61 Å². The van der Waals surface area contributed by atoms with Crippen molar-refractivity contribution < 1.29 is 17.7 Å². The SMILES string of the molecule is C[Si](C)(C)O[Si](C)(C)O[Si]CCCOCC1CO1. The molecule has 0 bridgehead atoms. The van der Waals surface area contributed by atoms with E-state index in [9.17, 15) is 0 Å². The first kappa shape index (κ1) is 16.5. The van der Waals surface area contributed by atoms with Crippen molar-refractivity contribution in [1.82, 2.24) is 0 Å². The normalized spacial score (nSPS) is 20.2. The van der Waals surface area contributed by atoms with Crippen molar-refractivity contribution in [2.24, 2.45) is 0 Å². The molecule has 4 nitrogen and oxygen atoms in total. The van der Waals surface area contributed by atoms with Crippen LogP contribution in [-0.4, -0.2) is 52.6 Å². The highest BCUT2D eigenvalue weighted by Crippen LogP contribution is 2.15. The van der Waals surface area contributed by atoms with Gasteiger partial charge in [-0.1, -0.05) is 0 Å². The van der Waals surface area contributed by atoms with E-state index in [0.717, 1.165) is 32.3 Å². The molecule has 0 aromatic carbocycles. The van der Waals surface area contributed by atoms with E-state index in [4.69, 9.17) is 17.7 Å². The van der Waals surface area contributed by atoms with Gasteiger partial charge in [-0.25, -0.2) is 0 Å². The molecule has 1 saturated heterocycles. The first-order valence-corrected chi connectivity index (χ1v) is 13.9.